The zero-order valence-electron chi connectivity index (χ0n) is 12.0. The molecule has 5 heteroatoms. The first-order valence-corrected chi connectivity index (χ1v) is 8.04. The molecule has 0 aromatic carbocycles. The second kappa shape index (κ2) is 7.59. The van der Waals surface area contributed by atoms with Crippen molar-refractivity contribution in [3.8, 4) is 0 Å². The zero-order chi connectivity index (χ0) is 14.3. The highest BCUT2D eigenvalue weighted by Gasteiger charge is 2.30. The lowest BCUT2D eigenvalue weighted by Crippen LogP contribution is -2.08. The van der Waals surface area contributed by atoms with Gasteiger partial charge in [-0.05, 0) is 38.5 Å². The summed E-state index contributed by atoms with van der Waals surface area (Å²) in [6, 6.07) is 0. The first-order valence-electron chi connectivity index (χ1n) is 6.43. The maximum Gasteiger partial charge on any atom is 0.343 e. The van der Waals surface area contributed by atoms with Gasteiger partial charge in [0, 0.05) is 12.2 Å². The first kappa shape index (κ1) is 16.1. The summed E-state index contributed by atoms with van der Waals surface area (Å²) in [5.74, 6) is 0.794. The molecule has 0 heterocycles. The van der Waals surface area contributed by atoms with Gasteiger partial charge in [0.1, 0.15) is 0 Å². The Balaban J connectivity index is 2.86. The second-order valence-corrected chi connectivity index (χ2v) is 6.47. The molecule has 0 N–H and O–H groups in total. The fourth-order valence-electron chi connectivity index (χ4n) is 1.72. The predicted octanol–water partition coefficient (Wildman–Crippen LogP) is 3.43. The van der Waals surface area contributed by atoms with E-state index in [4.69, 9.17) is 13.5 Å². The lowest BCUT2D eigenvalue weighted by Gasteiger charge is -2.21. The van der Waals surface area contributed by atoms with Crippen molar-refractivity contribution in [2.45, 2.75) is 26.4 Å². The van der Waals surface area contributed by atoms with E-state index >= 15 is 0 Å². The normalized spacial score (nSPS) is 16.6. The highest BCUT2D eigenvalue weighted by atomic mass is 31.2. The standard InChI is InChI=1S/C14H22O4P/c1-5-17-19(15,18-6-2)12(3)11-13-7-9-14(16-4)10-8-13/h7-12H,5-6H2,1-4H3/q+1/t12-/m1/s1. The maximum absolute atomic E-state index is 12.5. The molecule has 0 aromatic rings. The summed E-state index contributed by atoms with van der Waals surface area (Å²) in [6.07, 6.45) is 9.45. The minimum atomic E-state index is -3.08. The van der Waals surface area contributed by atoms with E-state index in [1.807, 2.05) is 51.2 Å². The minimum Gasteiger partial charge on any atom is -0.308 e. The SMILES string of the molecule is CCOP(=O)(OCC)[C@H](C)C=C1C=CC(=[O+]C)C=C1. The van der Waals surface area contributed by atoms with E-state index in [0.717, 1.165) is 11.4 Å². The molecular weight excluding hydrogens is 263 g/mol. The van der Waals surface area contributed by atoms with E-state index in [0.29, 0.717) is 13.2 Å². The highest BCUT2D eigenvalue weighted by Crippen LogP contribution is 2.53. The Morgan fingerprint density at radius 1 is 1.21 bits per heavy atom. The summed E-state index contributed by atoms with van der Waals surface area (Å²) in [6.45, 7) is 6.21. The lowest BCUT2D eigenvalue weighted by atomic mass is 10.1. The Morgan fingerprint density at radius 2 is 1.74 bits per heavy atom. The van der Waals surface area contributed by atoms with Crippen molar-refractivity contribution in [3.63, 3.8) is 0 Å². The van der Waals surface area contributed by atoms with Gasteiger partial charge in [-0.2, -0.15) is 0 Å². The van der Waals surface area contributed by atoms with Crippen LogP contribution in [0.3, 0.4) is 0 Å². The molecule has 1 aliphatic rings. The molecule has 4 nitrogen and oxygen atoms in total. The van der Waals surface area contributed by atoms with Crippen LogP contribution in [0.25, 0.3) is 0 Å². The third-order valence-corrected chi connectivity index (χ3v) is 5.05. The third-order valence-electron chi connectivity index (χ3n) is 2.67. The van der Waals surface area contributed by atoms with Crippen LogP contribution in [0, 0.1) is 0 Å². The van der Waals surface area contributed by atoms with Gasteiger partial charge in [0.25, 0.3) is 7.11 Å². The molecule has 106 valence electrons. The molecule has 0 aromatic heterocycles. The van der Waals surface area contributed by atoms with E-state index in [9.17, 15) is 4.57 Å². The number of hydrogen-bond donors (Lipinski definition) is 0. The summed E-state index contributed by atoms with van der Waals surface area (Å²) in [5, 5.41) is 0. The van der Waals surface area contributed by atoms with Crippen LogP contribution in [0.1, 0.15) is 20.8 Å². The Kier molecular flexibility index (Phi) is 6.43. The molecule has 0 saturated carbocycles. The summed E-state index contributed by atoms with van der Waals surface area (Å²) < 4.78 is 28.3. The van der Waals surface area contributed by atoms with Gasteiger partial charge in [0.2, 0.25) is 0 Å². The molecule has 0 radical (unpaired) electrons. The van der Waals surface area contributed by atoms with Gasteiger partial charge in [0.05, 0.1) is 18.9 Å². The zero-order valence-corrected chi connectivity index (χ0v) is 12.9. The average Bonchev–Trinajstić information content (AvgIpc) is 2.40. The van der Waals surface area contributed by atoms with Crippen LogP contribution >= 0.6 is 7.60 Å². The molecule has 19 heavy (non-hydrogen) atoms. The molecule has 0 bridgehead atoms. The largest absolute Gasteiger partial charge is 0.343 e. The van der Waals surface area contributed by atoms with Crippen LogP contribution in [-0.4, -0.2) is 31.8 Å². The monoisotopic (exact) mass is 285 g/mol. The van der Waals surface area contributed by atoms with E-state index in [1.54, 1.807) is 7.11 Å². The molecule has 0 fully saturated rings. The Morgan fingerprint density at radius 3 is 2.16 bits per heavy atom. The molecule has 1 rings (SSSR count). The van der Waals surface area contributed by atoms with Crippen molar-refractivity contribution < 1.29 is 18.0 Å². The van der Waals surface area contributed by atoms with Gasteiger partial charge < -0.3 is 9.05 Å². The van der Waals surface area contributed by atoms with Crippen LogP contribution in [0.5, 0.6) is 0 Å². The Bertz CT molecular complexity index is 432. The van der Waals surface area contributed by atoms with E-state index in [2.05, 4.69) is 0 Å². The maximum atomic E-state index is 12.5. The van der Waals surface area contributed by atoms with Gasteiger partial charge in [-0.15, -0.1) is 0 Å². The molecule has 0 amide bonds. The Labute approximate surface area is 115 Å². The third kappa shape index (κ3) is 4.57. The highest BCUT2D eigenvalue weighted by molar-refractivity contribution is 7.54. The van der Waals surface area contributed by atoms with Gasteiger partial charge in [-0.25, -0.2) is 0 Å². The van der Waals surface area contributed by atoms with E-state index in [-0.39, 0.29) is 5.66 Å². The van der Waals surface area contributed by atoms with Crippen molar-refractivity contribution in [2.24, 2.45) is 0 Å². The van der Waals surface area contributed by atoms with Crippen molar-refractivity contribution >= 4 is 13.4 Å². The number of allylic oxidation sites excluding steroid dienone is 6. The minimum absolute atomic E-state index is 0.291. The predicted molar refractivity (Wildman–Crippen MR) is 77.6 cm³/mol. The summed E-state index contributed by atoms with van der Waals surface area (Å²) in [4.78, 5) is 0. The van der Waals surface area contributed by atoms with Crippen LogP contribution < -0.4 is 0 Å². The van der Waals surface area contributed by atoms with Crippen LogP contribution in [-0.2, 0) is 18.0 Å². The summed E-state index contributed by atoms with van der Waals surface area (Å²) >= 11 is 0. The summed E-state index contributed by atoms with van der Waals surface area (Å²) in [5.41, 5.74) is 0.675. The van der Waals surface area contributed by atoms with E-state index < -0.39 is 7.60 Å². The van der Waals surface area contributed by atoms with Gasteiger partial charge in [-0.1, -0.05) is 6.08 Å². The number of hydrogen-bond acceptors (Lipinski definition) is 3. The Hall–Kier alpha value is -0.960. The van der Waals surface area contributed by atoms with Crippen molar-refractivity contribution in [3.05, 3.63) is 36.0 Å². The van der Waals surface area contributed by atoms with E-state index in [1.165, 1.54) is 0 Å². The average molecular weight is 285 g/mol. The van der Waals surface area contributed by atoms with Crippen molar-refractivity contribution in [2.75, 3.05) is 20.3 Å². The second-order valence-electron chi connectivity index (χ2n) is 4.06. The smallest absolute Gasteiger partial charge is 0.308 e. The molecule has 1 atom stereocenters. The van der Waals surface area contributed by atoms with Crippen molar-refractivity contribution in [1.29, 1.82) is 0 Å². The fraction of sp³-hybridized carbons (Fsp3) is 0.500. The molecule has 0 aliphatic heterocycles. The lowest BCUT2D eigenvalue weighted by molar-refractivity contribution is -0.417. The van der Waals surface area contributed by atoms with Crippen LogP contribution in [0.4, 0.5) is 0 Å². The fourth-order valence-corrected chi connectivity index (χ4v) is 3.34. The van der Waals surface area contributed by atoms with Crippen molar-refractivity contribution in [1.82, 2.24) is 0 Å². The summed E-state index contributed by atoms with van der Waals surface area (Å²) in [7, 11) is -1.46. The van der Waals surface area contributed by atoms with Gasteiger partial charge in [-0.3, -0.25) is 8.99 Å². The quantitative estimate of drug-likeness (QED) is 0.555. The van der Waals surface area contributed by atoms with Gasteiger partial charge >= 0.3 is 13.4 Å². The molecule has 0 unspecified atom stereocenters. The van der Waals surface area contributed by atoms with Crippen LogP contribution in [0.2, 0.25) is 0 Å². The van der Waals surface area contributed by atoms with Gasteiger partial charge in [0.15, 0.2) is 0 Å². The first-order chi connectivity index (χ1) is 9.05. The molecular formula is C14H22O4P+. The van der Waals surface area contributed by atoms with Crippen LogP contribution in [0.15, 0.2) is 36.0 Å². The number of carbonyl (C=O) groups excluding carboxylic acids is 1. The topological polar surface area (TPSA) is 46.8 Å². The molecule has 0 spiro atoms. The molecule has 0 saturated heterocycles. The number of rotatable bonds is 6. The molecule has 1 aliphatic carbocycles. The number of ketones is 1.